The molecule has 0 radical (unpaired) electrons. The Bertz CT molecular complexity index is 1090. The Morgan fingerprint density at radius 1 is 0.906 bits per heavy atom. The van der Waals surface area contributed by atoms with Gasteiger partial charge in [0.25, 0.3) is 5.91 Å². The van der Waals surface area contributed by atoms with Gasteiger partial charge in [-0.25, -0.2) is 4.39 Å². The predicted molar refractivity (Wildman–Crippen MR) is 119 cm³/mol. The summed E-state index contributed by atoms with van der Waals surface area (Å²) in [6.45, 7) is 1.61. The number of amides is 2. The molecule has 0 heterocycles. The molecule has 0 saturated heterocycles. The van der Waals surface area contributed by atoms with Gasteiger partial charge in [-0.1, -0.05) is 30.3 Å². The summed E-state index contributed by atoms with van der Waals surface area (Å²) in [5.74, 6) is -0.622. The summed E-state index contributed by atoms with van der Waals surface area (Å²) in [6.07, 6.45) is 0. The number of ether oxygens (including phenoxy) is 3. The van der Waals surface area contributed by atoms with E-state index in [4.69, 9.17) is 14.2 Å². The minimum Gasteiger partial charge on any atom is -0.493 e. The highest BCUT2D eigenvalue weighted by molar-refractivity contribution is 6.05. The average Bonchev–Trinajstić information content (AvgIpc) is 2.79. The fourth-order valence-corrected chi connectivity index (χ4v) is 2.98. The van der Waals surface area contributed by atoms with E-state index in [0.29, 0.717) is 11.4 Å². The van der Waals surface area contributed by atoms with Crippen molar-refractivity contribution in [3.05, 3.63) is 77.6 Å². The Morgan fingerprint density at radius 3 is 2.16 bits per heavy atom. The van der Waals surface area contributed by atoms with Gasteiger partial charge >= 0.3 is 0 Å². The molecule has 0 fully saturated rings. The van der Waals surface area contributed by atoms with E-state index in [0.717, 1.165) is 11.6 Å². The van der Waals surface area contributed by atoms with Crippen molar-refractivity contribution in [2.45, 2.75) is 13.5 Å². The highest BCUT2D eigenvalue weighted by Gasteiger charge is 2.19. The molecule has 166 valence electrons. The summed E-state index contributed by atoms with van der Waals surface area (Å²) in [4.78, 5) is 24.0. The molecule has 0 aromatic heterocycles. The van der Waals surface area contributed by atoms with Gasteiger partial charge in [0.1, 0.15) is 12.4 Å². The number of hydrogen-bond acceptors (Lipinski definition) is 5. The van der Waals surface area contributed by atoms with E-state index in [-0.39, 0.29) is 35.3 Å². The maximum atomic E-state index is 14.2. The van der Waals surface area contributed by atoms with Crippen LogP contribution in [0, 0.1) is 5.82 Å². The van der Waals surface area contributed by atoms with Crippen LogP contribution in [0.3, 0.4) is 0 Å². The van der Waals surface area contributed by atoms with E-state index in [1.54, 1.807) is 0 Å². The van der Waals surface area contributed by atoms with Gasteiger partial charge in [0.15, 0.2) is 11.5 Å². The molecule has 7 nitrogen and oxygen atoms in total. The van der Waals surface area contributed by atoms with Crippen LogP contribution >= 0.6 is 0 Å². The molecular formula is C24H23FN2O5. The summed E-state index contributed by atoms with van der Waals surface area (Å²) in [6, 6.07) is 16.4. The molecule has 3 aromatic rings. The Balaban J connectivity index is 1.85. The zero-order valence-corrected chi connectivity index (χ0v) is 17.9. The quantitative estimate of drug-likeness (QED) is 0.536. The third-order valence-electron chi connectivity index (χ3n) is 4.48. The van der Waals surface area contributed by atoms with Crippen molar-refractivity contribution in [2.24, 2.45) is 0 Å². The number of benzene rings is 3. The molecule has 3 rings (SSSR count). The molecular weight excluding hydrogens is 415 g/mol. The van der Waals surface area contributed by atoms with Crippen LogP contribution in [0.5, 0.6) is 17.2 Å². The van der Waals surface area contributed by atoms with Gasteiger partial charge in [-0.15, -0.1) is 0 Å². The summed E-state index contributed by atoms with van der Waals surface area (Å²) in [5, 5.41) is 5.05. The van der Waals surface area contributed by atoms with Crippen LogP contribution in [-0.2, 0) is 11.4 Å². The highest BCUT2D eigenvalue weighted by Crippen LogP contribution is 2.39. The number of nitrogens with one attached hydrogen (secondary N) is 2. The van der Waals surface area contributed by atoms with Crippen LogP contribution in [-0.4, -0.2) is 26.0 Å². The van der Waals surface area contributed by atoms with Crippen LogP contribution in [0.2, 0.25) is 0 Å². The first kappa shape index (κ1) is 22.6. The van der Waals surface area contributed by atoms with Crippen LogP contribution in [0.1, 0.15) is 22.8 Å². The van der Waals surface area contributed by atoms with Crippen molar-refractivity contribution in [1.82, 2.24) is 0 Å². The summed E-state index contributed by atoms with van der Waals surface area (Å²) in [7, 11) is 2.89. The number of hydrogen-bond donors (Lipinski definition) is 2. The van der Waals surface area contributed by atoms with Crippen LogP contribution < -0.4 is 24.8 Å². The monoisotopic (exact) mass is 438 g/mol. The number of methoxy groups -OCH3 is 2. The van der Waals surface area contributed by atoms with E-state index in [1.807, 2.05) is 30.3 Å². The molecule has 2 amide bonds. The molecule has 0 bridgehead atoms. The number of rotatable bonds is 8. The van der Waals surface area contributed by atoms with Crippen LogP contribution in [0.25, 0.3) is 0 Å². The van der Waals surface area contributed by atoms with Gasteiger partial charge < -0.3 is 24.8 Å². The van der Waals surface area contributed by atoms with Gasteiger partial charge in [0, 0.05) is 18.2 Å². The van der Waals surface area contributed by atoms with E-state index in [1.165, 1.54) is 45.4 Å². The maximum absolute atomic E-state index is 14.2. The molecule has 0 saturated carbocycles. The van der Waals surface area contributed by atoms with Gasteiger partial charge in [-0.2, -0.15) is 0 Å². The predicted octanol–water partition coefficient (Wildman–Crippen LogP) is 4.63. The van der Waals surface area contributed by atoms with Crippen molar-refractivity contribution in [2.75, 3.05) is 24.9 Å². The lowest BCUT2D eigenvalue weighted by atomic mass is 10.1. The first-order valence-corrected chi connectivity index (χ1v) is 9.72. The second-order valence-corrected chi connectivity index (χ2v) is 6.81. The third kappa shape index (κ3) is 5.54. The molecule has 2 N–H and O–H groups in total. The van der Waals surface area contributed by atoms with Gasteiger partial charge in [-0.3, -0.25) is 9.59 Å². The Kier molecular flexibility index (Phi) is 7.28. The second-order valence-electron chi connectivity index (χ2n) is 6.81. The fourth-order valence-electron chi connectivity index (χ4n) is 2.98. The second kappa shape index (κ2) is 10.3. The summed E-state index contributed by atoms with van der Waals surface area (Å²) < 4.78 is 30.9. The molecule has 0 aliphatic heterocycles. The summed E-state index contributed by atoms with van der Waals surface area (Å²) >= 11 is 0. The lowest BCUT2D eigenvalue weighted by molar-refractivity contribution is -0.114. The van der Waals surface area contributed by atoms with E-state index in [2.05, 4.69) is 10.6 Å². The average molecular weight is 438 g/mol. The lowest BCUT2D eigenvalue weighted by Gasteiger charge is -2.16. The molecule has 8 heteroatoms. The molecule has 0 aliphatic carbocycles. The topological polar surface area (TPSA) is 85.9 Å². The zero-order chi connectivity index (χ0) is 23.1. The van der Waals surface area contributed by atoms with Crippen molar-refractivity contribution < 1.29 is 28.2 Å². The van der Waals surface area contributed by atoms with Crippen molar-refractivity contribution in [1.29, 1.82) is 0 Å². The van der Waals surface area contributed by atoms with Crippen LogP contribution in [0.4, 0.5) is 15.8 Å². The van der Waals surface area contributed by atoms with Crippen LogP contribution in [0.15, 0.2) is 60.7 Å². The molecule has 3 aromatic carbocycles. The number of halogens is 1. The largest absolute Gasteiger partial charge is 0.493 e. The minimum absolute atomic E-state index is 0.0800. The molecule has 0 spiro atoms. The van der Waals surface area contributed by atoms with Gasteiger partial charge in [-0.05, 0) is 35.9 Å². The normalized spacial score (nSPS) is 10.2. The summed E-state index contributed by atoms with van der Waals surface area (Å²) in [5.41, 5.74) is 1.40. The highest BCUT2D eigenvalue weighted by atomic mass is 19.1. The van der Waals surface area contributed by atoms with Crippen molar-refractivity contribution >= 4 is 23.2 Å². The SMILES string of the molecule is COc1cc(C(=O)Nc2cc(NC(C)=O)ccc2F)cc(OC)c1OCc1ccccc1. The number of anilines is 2. The number of carbonyl (C=O) groups excluding carboxylic acids is 2. The van der Waals surface area contributed by atoms with Crippen molar-refractivity contribution in [3.8, 4) is 17.2 Å². The Morgan fingerprint density at radius 2 is 1.56 bits per heavy atom. The minimum atomic E-state index is -0.644. The Hall–Kier alpha value is -4.07. The van der Waals surface area contributed by atoms with Crippen molar-refractivity contribution in [3.63, 3.8) is 0 Å². The molecule has 0 unspecified atom stereocenters. The first-order chi connectivity index (χ1) is 15.4. The standard InChI is InChI=1S/C24H23FN2O5/c1-15(28)26-18-9-10-19(25)20(13-18)27-24(29)17-11-21(30-2)23(22(12-17)31-3)32-14-16-7-5-4-6-8-16/h4-13H,14H2,1-3H3,(H,26,28)(H,27,29). The van der Waals surface area contributed by atoms with E-state index >= 15 is 0 Å². The fraction of sp³-hybridized carbons (Fsp3) is 0.167. The maximum Gasteiger partial charge on any atom is 0.256 e. The third-order valence-corrected chi connectivity index (χ3v) is 4.48. The smallest absolute Gasteiger partial charge is 0.256 e. The number of carbonyl (C=O) groups is 2. The van der Waals surface area contributed by atoms with Gasteiger partial charge in [0.05, 0.1) is 19.9 Å². The first-order valence-electron chi connectivity index (χ1n) is 9.72. The Labute approximate surface area is 185 Å². The molecule has 0 aliphatic rings. The zero-order valence-electron chi connectivity index (χ0n) is 17.9. The molecule has 32 heavy (non-hydrogen) atoms. The van der Waals surface area contributed by atoms with Gasteiger partial charge in [0.2, 0.25) is 11.7 Å². The van der Waals surface area contributed by atoms with E-state index in [9.17, 15) is 14.0 Å². The van der Waals surface area contributed by atoms with E-state index < -0.39 is 11.7 Å². The molecule has 0 atom stereocenters. The lowest BCUT2D eigenvalue weighted by Crippen LogP contribution is -2.14.